The van der Waals surface area contributed by atoms with E-state index in [2.05, 4.69) is 21.2 Å². The summed E-state index contributed by atoms with van der Waals surface area (Å²) in [5, 5.41) is 2.69. The Labute approximate surface area is 116 Å². The van der Waals surface area contributed by atoms with Gasteiger partial charge in [0, 0.05) is 10.5 Å². The zero-order chi connectivity index (χ0) is 13.3. The molecule has 3 N–H and O–H groups in total. The number of para-hydroxylation sites is 1. The second-order valence-corrected chi connectivity index (χ2v) is 4.84. The van der Waals surface area contributed by atoms with E-state index >= 15 is 0 Å². The molecule has 2 aromatic carbocycles. The van der Waals surface area contributed by atoms with Gasteiger partial charge in [0.15, 0.2) is 0 Å². The zero-order valence-corrected chi connectivity index (χ0v) is 11.3. The van der Waals surface area contributed by atoms with Crippen LogP contribution in [-0.2, 0) is 0 Å². The standard InChI is InChI=1S/C12H8BrClF2N2/c13-6-2-1-3-8(15)12(6)18-11-4-7(14)9(16)5-10(11)17/h1-5,18H,17H2. The second-order valence-electron chi connectivity index (χ2n) is 3.58. The van der Waals surface area contributed by atoms with Crippen LogP contribution >= 0.6 is 27.5 Å². The Hall–Kier alpha value is -1.33. The van der Waals surface area contributed by atoms with Crippen LogP contribution in [0, 0.1) is 11.6 Å². The van der Waals surface area contributed by atoms with Crippen molar-refractivity contribution >= 4 is 44.6 Å². The first-order valence-corrected chi connectivity index (χ1v) is 6.11. The zero-order valence-electron chi connectivity index (χ0n) is 8.98. The molecule has 0 radical (unpaired) electrons. The largest absolute Gasteiger partial charge is 0.397 e. The molecule has 0 unspecified atom stereocenters. The van der Waals surface area contributed by atoms with Gasteiger partial charge >= 0.3 is 0 Å². The average molecular weight is 334 g/mol. The lowest BCUT2D eigenvalue weighted by atomic mass is 10.2. The van der Waals surface area contributed by atoms with E-state index in [1.54, 1.807) is 12.1 Å². The smallest absolute Gasteiger partial charge is 0.147 e. The van der Waals surface area contributed by atoms with Crippen molar-refractivity contribution in [2.75, 3.05) is 11.1 Å². The first-order valence-electron chi connectivity index (χ1n) is 4.94. The van der Waals surface area contributed by atoms with Crippen LogP contribution in [0.25, 0.3) is 0 Å². The highest BCUT2D eigenvalue weighted by Crippen LogP contribution is 2.33. The minimum absolute atomic E-state index is 0.0841. The van der Waals surface area contributed by atoms with Crippen LogP contribution in [0.15, 0.2) is 34.8 Å². The number of hydrogen-bond acceptors (Lipinski definition) is 2. The Morgan fingerprint density at radius 1 is 1.17 bits per heavy atom. The molecule has 0 aliphatic rings. The second kappa shape index (κ2) is 5.12. The van der Waals surface area contributed by atoms with Gasteiger partial charge in [-0.05, 0) is 34.1 Å². The molecule has 0 saturated heterocycles. The van der Waals surface area contributed by atoms with Crippen molar-refractivity contribution in [1.82, 2.24) is 0 Å². The minimum atomic E-state index is -0.618. The van der Waals surface area contributed by atoms with Gasteiger partial charge in [0.05, 0.1) is 22.1 Å². The van der Waals surface area contributed by atoms with E-state index in [1.807, 2.05) is 0 Å². The molecule has 0 bridgehead atoms. The van der Waals surface area contributed by atoms with Crippen molar-refractivity contribution in [2.24, 2.45) is 0 Å². The fraction of sp³-hybridized carbons (Fsp3) is 0. The lowest BCUT2D eigenvalue weighted by Crippen LogP contribution is -2.00. The SMILES string of the molecule is Nc1cc(F)c(Cl)cc1Nc1c(F)cccc1Br. The molecule has 0 heterocycles. The molecule has 0 amide bonds. The van der Waals surface area contributed by atoms with Gasteiger partial charge in [0.2, 0.25) is 0 Å². The van der Waals surface area contributed by atoms with E-state index in [0.717, 1.165) is 6.07 Å². The molecule has 2 aromatic rings. The van der Waals surface area contributed by atoms with E-state index in [4.69, 9.17) is 17.3 Å². The van der Waals surface area contributed by atoms with Crippen molar-refractivity contribution in [3.05, 3.63) is 51.5 Å². The van der Waals surface area contributed by atoms with Gasteiger partial charge in [0.1, 0.15) is 11.6 Å². The van der Waals surface area contributed by atoms with Crippen LogP contribution in [0.2, 0.25) is 5.02 Å². The van der Waals surface area contributed by atoms with Gasteiger partial charge in [0.25, 0.3) is 0 Å². The molecule has 0 atom stereocenters. The first-order chi connectivity index (χ1) is 8.49. The maximum atomic E-state index is 13.6. The molecule has 94 valence electrons. The Morgan fingerprint density at radius 3 is 2.56 bits per heavy atom. The van der Waals surface area contributed by atoms with E-state index in [1.165, 1.54) is 12.1 Å². The number of nitrogens with two attached hydrogens (primary N) is 1. The lowest BCUT2D eigenvalue weighted by Gasteiger charge is -2.12. The highest BCUT2D eigenvalue weighted by Gasteiger charge is 2.11. The van der Waals surface area contributed by atoms with Gasteiger partial charge in [-0.2, -0.15) is 0 Å². The van der Waals surface area contributed by atoms with Crippen LogP contribution in [0.4, 0.5) is 25.8 Å². The first kappa shape index (κ1) is 13.1. The highest BCUT2D eigenvalue weighted by atomic mass is 79.9. The van der Waals surface area contributed by atoms with Crippen molar-refractivity contribution < 1.29 is 8.78 Å². The summed E-state index contributed by atoms with van der Waals surface area (Å²) in [6.45, 7) is 0. The average Bonchev–Trinajstić information content (AvgIpc) is 2.30. The molecular weight excluding hydrogens is 325 g/mol. The monoisotopic (exact) mass is 332 g/mol. The molecule has 0 fully saturated rings. The number of halogens is 4. The summed E-state index contributed by atoms with van der Waals surface area (Å²) in [6.07, 6.45) is 0. The molecule has 0 aliphatic heterocycles. The minimum Gasteiger partial charge on any atom is -0.397 e. The number of benzene rings is 2. The third-order valence-electron chi connectivity index (χ3n) is 2.31. The Morgan fingerprint density at radius 2 is 1.89 bits per heavy atom. The van der Waals surface area contributed by atoms with Gasteiger partial charge in [-0.15, -0.1) is 0 Å². The fourth-order valence-corrected chi connectivity index (χ4v) is 2.03. The van der Waals surface area contributed by atoms with E-state index in [-0.39, 0.29) is 16.4 Å². The van der Waals surface area contributed by atoms with Crippen LogP contribution in [0.3, 0.4) is 0 Å². The summed E-state index contributed by atoms with van der Waals surface area (Å²) in [5.74, 6) is -1.07. The predicted molar refractivity (Wildman–Crippen MR) is 73.2 cm³/mol. The molecule has 0 aliphatic carbocycles. The predicted octanol–water partition coefficient (Wildman–Crippen LogP) is 4.71. The van der Waals surface area contributed by atoms with Crippen molar-refractivity contribution in [3.63, 3.8) is 0 Å². The summed E-state index contributed by atoms with van der Waals surface area (Å²) >= 11 is 8.87. The van der Waals surface area contributed by atoms with Gasteiger partial charge in [-0.1, -0.05) is 17.7 Å². The fourth-order valence-electron chi connectivity index (χ4n) is 1.42. The maximum Gasteiger partial charge on any atom is 0.147 e. The molecule has 6 heteroatoms. The topological polar surface area (TPSA) is 38.0 Å². The normalized spacial score (nSPS) is 10.4. The summed E-state index contributed by atoms with van der Waals surface area (Å²) in [4.78, 5) is 0. The van der Waals surface area contributed by atoms with E-state index in [0.29, 0.717) is 10.2 Å². The van der Waals surface area contributed by atoms with E-state index in [9.17, 15) is 8.78 Å². The van der Waals surface area contributed by atoms with Crippen LogP contribution in [-0.4, -0.2) is 0 Å². The van der Waals surface area contributed by atoms with Crippen molar-refractivity contribution in [1.29, 1.82) is 0 Å². The molecule has 2 rings (SSSR count). The quantitative estimate of drug-likeness (QED) is 0.781. The number of rotatable bonds is 2. The third-order valence-corrected chi connectivity index (χ3v) is 3.27. The van der Waals surface area contributed by atoms with Crippen molar-refractivity contribution in [2.45, 2.75) is 0 Å². The molecule has 2 nitrogen and oxygen atoms in total. The van der Waals surface area contributed by atoms with Gasteiger partial charge in [-0.25, -0.2) is 8.78 Å². The number of nitrogens with one attached hydrogen (secondary N) is 1. The van der Waals surface area contributed by atoms with E-state index < -0.39 is 11.6 Å². The molecule has 18 heavy (non-hydrogen) atoms. The van der Waals surface area contributed by atoms with Crippen LogP contribution in [0.5, 0.6) is 0 Å². The number of hydrogen-bond donors (Lipinski definition) is 2. The maximum absolute atomic E-state index is 13.6. The number of nitrogen functional groups attached to an aromatic ring is 1. The summed E-state index contributed by atoms with van der Waals surface area (Å²) in [6, 6.07) is 6.93. The molecule has 0 aromatic heterocycles. The highest BCUT2D eigenvalue weighted by molar-refractivity contribution is 9.10. The summed E-state index contributed by atoms with van der Waals surface area (Å²) in [5.41, 5.74) is 6.34. The molecular formula is C12H8BrClF2N2. The summed E-state index contributed by atoms with van der Waals surface area (Å²) in [7, 11) is 0. The van der Waals surface area contributed by atoms with Crippen molar-refractivity contribution in [3.8, 4) is 0 Å². The third kappa shape index (κ3) is 2.57. The van der Waals surface area contributed by atoms with Crippen LogP contribution in [0.1, 0.15) is 0 Å². The van der Waals surface area contributed by atoms with Crippen LogP contribution < -0.4 is 11.1 Å². The summed E-state index contributed by atoms with van der Waals surface area (Å²) < 4.78 is 27.3. The lowest BCUT2D eigenvalue weighted by molar-refractivity contribution is 0.628. The Kier molecular flexibility index (Phi) is 3.73. The Balaban J connectivity index is 2.43. The Bertz CT molecular complexity index is 585. The van der Waals surface area contributed by atoms with Gasteiger partial charge in [-0.3, -0.25) is 0 Å². The van der Waals surface area contributed by atoms with Gasteiger partial charge < -0.3 is 11.1 Å². The molecule has 0 saturated carbocycles. The number of anilines is 3. The molecule has 0 spiro atoms.